The van der Waals surface area contributed by atoms with Gasteiger partial charge in [-0.15, -0.1) is 0 Å². The number of aliphatic carboxylic acids is 1. The third-order valence-corrected chi connectivity index (χ3v) is 5.99. The van der Waals surface area contributed by atoms with E-state index in [2.05, 4.69) is 11.1 Å². The Balaban J connectivity index is 1.41. The maximum atomic E-state index is 11.4. The van der Waals surface area contributed by atoms with E-state index in [0.29, 0.717) is 18.9 Å². The summed E-state index contributed by atoms with van der Waals surface area (Å²) in [5.41, 5.74) is 4.24. The van der Waals surface area contributed by atoms with Crippen LogP contribution in [0, 0.1) is 12.8 Å². The molecule has 0 fully saturated rings. The van der Waals surface area contributed by atoms with Gasteiger partial charge in [-0.3, -0.25) is 4.79 Å². The second kappa shape index (κ2) is 8.74. The van der Waals surface area contributed by atoms with Gasteiger partial charge in [0.05, 0.1) is 18.2 Å². The summed E-state index contributed by atoms with van der Waals surface area (Å²) < 4.78 is 11.8. The van der Waals surface area contributed by atoms with Gasteiger partial charge in [0.25, 0.3) is 0 Å². The first kappa shape index (κ1) is 20.2. The topological polar surface area (TPSA) is 72.6 Å². The van der Waals surface area contributed by atoms with Crippen molar-refractivity contribution < 1.29 is 19.1 Å². The van der Waals surface area contributed by atoms with E-state index < -0.39 is 5.97 Å². The molecule has 156 valence electrons. The van der Waals surface area contributed by atoms with Gasteiger partial charge < -0.3 is 14.3 Å². The molecule has 2 aromatic carbocycles. The molecule has 0 spiro atoms. The minimum atomic E-state index is -0.731. The molecule has 3 aromatic rings. The van der Waals surface area contributed by atoms with Crippen LogP contribution in [0.15, 0.2) is 52.9 Å². The number of aryl methyl sites for hydroxylation is 2. The summed E-state index contributed by atoms with van der Waals surface area (Å²) in [5.74, 6) is 1.25. The zero-order valence-corrected chi connectivity index (χ0v) is 17.4. The number of hydrogen-bond donors (Lipinski definition) is 1. The fourth-order valence-electron chi connectivity index (χ4n) is 4.24. The highest BCUT2D eigenvalue weighted by atomic mass is 16.5. The Hall–Kier alpha value is -3.08. The summed E-state index contributed by atoms with van der Waals surface area (Å²) >= 11 is 0. The molecule has 2 atom stereocenters. The lowest BCUT2D eigenvalue weighted by Gasteiger charge is -2.28. The Kier molecular flexibility index (Phi) is 5.88. The van der Waals surface area contributed by atoms with Crippen molar-refractivity contribution in [1.29, 1.82) is 0 Å². The maximum Gasteiger partial charge on any atom is 0.306 e. The molecule has 2 unspecified atom stereocenters. The standard InChI is InChI=1S/C25H27NO4/c1-16(25(27)28)21-10-6-9-19-15-20(11-12-22(19)21)29-14-13-23-17(2)30-24(26-23)18-7-4-3-5-8-18/h3-5,7-8,11-12,15-16,21H,6,9-10,13-14H2,1-2H3,(H,27,28). The predicted octanol–water partition coefficient (Wildman–Crippen LogP) is 5.41. The highest BCUT2D eigenvalue weighted by molar-refractivity contribution is 5.71. The average Bonchev–Trinajstić information content (AvgIpc) is 3.13. The van der Waals surface area contributed by atoms with Gasteiger partial charge in [0.1, 0.15) is 11.5 Å². The molecule has 0 aliphatic heterocycles. The molecule has 5 nitrogen and oxygen atoms in total. The van der Waals surface area contributed by atoms with Crippen LogP contribution < -0.4 is 4.74 Å². The molecule has 1 aliphatic carbocycles. The number of benzene rings is 2. The van der Waals surface area contributed by atoms with Crippen molar-refractivity contribution in [2.24, 2.45) is 5.92 Å². The second-order valence-corrected chi connectivity index (χ2v) is 7.97. The smallest absolute Gasteiger partial charge is 0.306 e. The van der Waals surface area contributed by atoms with Crippen LogP contribution in [0.4, 0.5) is 0 Å². The van der Waals surface area contributed by atoms with Gasteiger partial charge in [-0.05, 0) is 67.5 Å². The number of aromatic nitrogens is 1. The normalized spacial score (nSPS) is 16.7. The van der Waals surface area contributed by atoms with E-state index in [1.807, 2.05) is 49.4 Å². The molecule has 0 saturated carbocycles. The van der Waals surface area contributed by atoms with E-state index in [-0.39, 0.29) is 11.8 Å². The fraction of sp³-hybridized carbons (Fsp3) is 0.360. The third-order valence-electron chi connectivity index (χ3n) is 5.99. The van der Waals surface area contributed by atoms with Gasteiger partial charge in [0.2, 0.25) is 5.89 Å². The van der Waals surface area contributed by atoms with Crippen molar-refractivity contribution in [3.05, 3.63) is 71.1 Å². The van der Waals surface area contributed by atoms with E-state index in [1.165, 1.54) is 5.56 Å². The number of rotatable bonds is 7. The molecule has 1 aliphatic rings. The Morgan fingerprint density at radius 2 is 2.07 bits per heavy atom. The number of carboxylic acids is 1. The fourth-order valence-corrected chi connectivity index (χ4v) is 4.24. The summed E-state index contributed by atoms with van der Waals surface area (Å²) in [6.45, 7) is 4.24. The summed E-state index contributed by atoms with van der Waals surface area (Å²) in [5, 5.41) is 9.40. The van der Waals surface area contributed by atoms with E-state index in [9.17, 15) is 9.90 Å². The minimum absolute atomic E-state index is 0.0782. The summed E-state index contributed by atoms with van der Waals surface area (Å²) in [7, 11) is 0. The number of nitrogens with zero attached hydrogens (tertiary/aromatic N) is 1. The Morgan fingerprint density at radius 3 is 2.83 bits per heavy atom. The molecule has 30 heavy (non-hydrogen) atoms. The van der Waals surface area contributed by atoms with Crippen LogP contribution in [0.1, 0.15) is 48.3 Å². The molecule has 1 aromatic heterocycles. The van der Waals surface area contributed by atoms with Crippen LogP contribution in [0.5, 0.6) is 5.75 Å². The largest absolute Gasteiger partial charge is 0.493 e. The van der Waals surface area contributed by atoms with Gasteiger partial charge in [0.15, 0.2) is 0 Å². The number of hydrogen-bond acceptors (Lipinski definition) is 4. The molecule has 0 saturated heterocycles. The number of fused-ring (bicyclic) bond motifs is 1. The van der Waals surface area contributed by atoms with Crippen molar-refractivity contribution in [2.45, 2.75) is 45.4 Å². The van der Waals surface area contributed by atoms with Crippen LogP contribution >= 0.6 is 0 Å². The van der Waals surface area contributed by atoms with Crippen molar-refractivity contribution in [3.63, 3.8) is 0 Å². The Labute approximate surface area is 176 Å². The van der Waals surface area contributed by atoms with Crippen LogP contribution in [0.25, 0.3) is 11.5 Å². The predicted molar refractivity (Wildman–Crippen MR) is 115 cm³/mol. The quantitative estimate of drug-likeness (QED) is 0.569. The van der Waals surface area contributed by atoms with Crippen LogP contribution in [0.3, 0.4) is 0 Å². The van der Waals surface area contributed by atoms with E-state index >= 15 is 0 Å². The maximum absolute atomic E-state index is 11.4. The molecule has 0 radical (unpaired) electrons. The lowest BCUT2D eigenvalue weighted by Crippen LogP contribution is -2.22. The van der Waals surface area contributed by atoms with Crippen molar-refractivity contribution in [3.8, 4) is 17.2 Å². The molecule has 5 heteroatoms. The molecule has 1 heterocycles. The van der Waals surface area contributed by atoms with E-state index in [4.69, 9.17) is 9.15 Å². The van der Waals surface area contributed by atoms with E-state index in [1.54, 1.807) is 6.92 Å². The van der Waals surface area contributed by atoms with Gasteiger partial charge >= 0.3 is 5.97 Å². The van der Waals surface area contributed by atoms with Gasteiger partial charge in [-0.25, -0.2) is 4.98 Å². The first-order valence-electron chi connectivity index (χ1n) is 10.5. The number of carbonyl (C=O) groups is 1. The van der Waals surface area contributed by atoms with Gasteiger partial charge in [0, 0.05) is 12.0 Å². The Morgan fingerprint density at radius 1 is 1.27 bits per heavy atom. The first-order chi connectivity index (χ1) is 14.5. The van der Waals surface area contributed by atoms with Gasteiger partial charge in [-0.2, -0.15) is 0 Å². The lowest BCUT2D eigenvalue weighted by molar-refractivity contribution is -0.142. The summed E-state index contributed by atoms with van der Waals surface area (Å²) in [6, 6.07) is 15.9. The van der Waals surface area contributed by atoms with Crippen molar-refractivity contribution in [1.82, 2.24) is 4.98 Å². The summed E-state index contributed by atoms with van der Waals surface area (Å²) in [4.78, 5) is 16.1. The zero-order valence-electron chi connectivity index (χ0n) is 17.4. The summed E-state index contributed by atoms with van der Waals surface area (Å²) in [6.07, 6.45) is 3.57. The zero-order chi connectivity index (χ0) is 21.1. The number of oxazole rings is 1. The minimum Gasteiger partial charge on any atom is -0.493 e. The first-order valence-corrected chi connectivity index (χ1v) is 10.5. The molecule has 1 N–H and O–H groups in total. The van der Waals surface area contributed by atoms with Crippen LogP contribution in [-0.2, 0) is 17.6 Å². The molecular formula is C25H27NO4. The van der Waals surface area contributed by atoms with Crippen LogP contribution in [-0.4, -0.2) is 22.7 Å². The SMILES string of the molecule is Cc1oc(-c2ccccc2)nc1CCOc1ccc2c(c1)CCCC2C(C)C(=O)O. The van der Waals surface area contributed by atoms with Crippen molar-refractivity contribution >= 4 is 5.97 Å². The highest BCUT2D eigenvalue weighted by Crippen LogP contribution is 2.38. The molecule has 0 bridgehead atoms. The monoisotopic (exact) mass is 405 g/mol. The number of carboxylic acid groups (broad SMARTS) is 1. The van der Waals surface area contributed by atoms with Crippen molar-refractivity contribution in [2.75, 3.05) is 6.61 Å². The second-order valence-electron chi connectivity index (χ2n) is 7.97. The van der Waals surface area contributed by atoms with Crippen LogP contribution in [0.2, 0.25) is 0 Å². The Bertz CT molecular complexity index is 1020. The molecule has 0 amide bonds. The average molecular weight is 405 g/mol. The number of ether oxygens (including phenoxy) is 1. The van der Waals surface area contributed by atoms with Gasteiger partial charge in [-0.1, -0.05) is 31.2 Å². The highest BCUT2D eigenvalue weighted by Gasteiger charge is 2.29. The molecular weight excluding hydrogens is 378 g/mol. The third kappa shape index (κ3) is 4.25. The lowest BCUT2D eigenvalue weighted by atomic mass is 9.76. The van der Waals surface area contributed by atoms with E-state index in [0.717, 1.165) is 47.6 Å². The molecule has 4 rings (SSSR count).